The molecule has 8 aromatic rings. The highest BCUT2D eigenvalue weighted by molar-refractivity contribution is 5.66. The van der Waals surface area contributed by atoms with Gasteiger partial charge in [0, 0.05) is 181 Å². The molecule has 0 aromatic carbocycles. The molecule has 0 saturated carbocycles. The molecule has 0 atom stereocenters. The third kappa shape index (κ3) is 40.1. The highest BCUT2D eigenvalue weighted by Crippen LogP contribution is 2.21. The van der Waals surface area contributed by atoms with Gasteiger partial charge in [0.1, 0.15) is 119 Å². The van der Waals surface area contributed by atoms with Crippen LogP contribution in [0.5, 0.6) is 0 Å². The first-order valence-electron chi connectivity index (χ1n) is 43.7. The number of hydrogen-bond acceptors (Lipinski definition) is 34. The third-order valence-corrected chi connectivity index (χ3v) is 21.7. The Morgan fingerprint density at radius 1 is 0.302 bits per heavy atom. The van der Waals surface area contributed by atoms with Crippen molar-refractivity contribution < 1.29 is 83.6 Å². The number of likely N-dealkylation sites (N-methyl/N-ethyl adjacent to an activating group) is 4. The average molecular weight is 1760 g/mol. The zero-order valence-corrected chi connectivity index (χ0v) is 74.8. The Morgan fingerprint density at radius 3 is 0.683 bits per heavy atom. The van der Waals surface area contributed by atoms with Gasteiger partial charge in [-0.15, -0.1) is 0 Å². The first kappa shape index (κ1) is 101. The minimum Gasteiger partial charge on any atom is -0.465 e. The molecule has 0 bridgehead atoms. The van der Waals surface area contributed by atoms with E-state index in [0.29, 0.717) is 48.4 Å². The second kappa shape index (κ2) is 57.7. The number of nitrogens with two attached hydrogens (primary N) is 2. The zero-order chi connectivity index (χ0) is 89.3. The number of rotatable bonds is 28. The predicted molar refractivity (Wildman–Crippen MR) is 469 cm³/mol. The molecule has 8 saturated heterocycles. The van der Waals surface area contributed by atoms with Crippen molar-refractivity contribution in [3.05, 3.63) is 210 Å². The van der Waals surface area contributed by atoms with Crippen LogP contribution < -0.4 is 11.5 Å². The van der Waals surface area contributed by atoms with E-state index >= 15 is 0 Å². The summed E-state index contributed by atoms with van der Waals surface area (Å²) in [5, 5.41) is 24.6. The van der Waals surface area contributed by atoms with E-state index in [4.69, 9.17) is 96.5 Å². The summed E-state index contributed by atoms with van der Waals surface area (Å²) in [5.41, 5.74) is 27.4. The Balaban J connectivity index is 0.000000163. The lowest BCUT2D eigenvalue weighted by atomic mass is 10.3. The van der Waals surface area contributed by atoms with Crippen LogP contribution in [-0.4, -0.2) is 319 Å². The molecule has 8 aromatic heterocycles. The fourth-order valence-electron chi connectivity index (χ4n) is 14.1. The van der Waals surface area contributed by atoms with Gasteiger partial charge in [-0.1, -0.05) is 10.2 Å². The molecule has 6 N–H and O–H groups in total. The maximum atomic E-state index is 10.7. The van der Waals surface area contributed by atoms with Crippen molar-refractivity contribution in [3.8, 4) is 0 Å². The molecule has 0 aliphatic carbocycles. The van der Waals surface area contributed by atoms with Crippen molar-refractivity contribution >= 4 is 11.9 Å². The molecule has 0 unspecified atom stereocenters. The lowest BCUT2D eigenvalue weighted by Crippen LogP contribution is -2.43. The lowest BCUT2D eigenvalue weighted by molar-refractivity contribution is -0.143. The number of nitrogens with zero attached hydrogens (tertiary/aromatic N) is 18. The molecule has 38 nitrogen and oxygen atoms in total. The summed E-state index contributed by atoms with van der Waals surface area (Å²) in [6, 6.07) is 30.7. The van der Waals surface area contributed by atoms with Crippen LogP contribution in [0.2, 0.25) is 0 Å². The first-order valence-corrected chi connectivity index (χ1v) is 43.7. The number of morpholine rings is 4. The van der Waals surface area contributed by atoms with Gasteiger partial charge >= 0.3 is 11.9 Å². The minimum atomic E-state index is -0.295. The summed E-state index contributed by atoms with van der Waals surface area (Å²) >= 11 is 0. The van der Waals surface area contributed by atoms with Crippen LogP contribution in [0.15, 0.2) is 143 Å². The third-order valence-electron chi connectivity index (χ3n) is 21.7. The van der Waals surface area contributed by atoms with E-state index in [9.17, 15) is 9.59 Å². The molecule has 16 heterocycles. The van der Waals surface area contributed by atoms with E-state index in [1.807, 2.05) is 97.1 Å². The largest absolute Gasteiger partial charge is 0.465 e. The quantitative estimate of drug-likeness (QED) is 0.0155. The monoisotopic (exact) mass is 1760 g/mol. The second-order valence-electron chi connectivity index (χ2n) is 31.9. The molecule has 38 heteroatoms. The van der Waals surface area contributed by atoms with Gasteiger partial charge in [0.05, 0.1) is 131 Å². The van der Waals surface area contributed by atoms with Crippen molar-refractivity contribution in [2.24, 2.45) is 21.7 Å². The first-order chi connectivity index (χ1) is 61.3. The van der Waals surface area contributed by atoms with Crippen molar-refractivity contribution in [2.75, 3.05) is 238 Å². The molecule has 0 radical (unpaired) electrons. The molecule has 8 aliphatic rings. The molecule has 0 amide bonds. The van der Waals surface area contributed by atoms with Crippen LogP contribution in [0.4, 0.5) is 0 Å². The van der Waals surface area contributed by atoms with Gasteiger partial charge in [-0.05, 0) is 136 Å². The molecule has 696 valence electrons. The molecule has 0 spiro atoms. The van der Waals surface area contributed by atoms with Gasteiger partial charge in [0.25, 0.3) is 0 Å². The molecule has 126 heavy (non-hydrogen) atoms. The standard InChI is InChI=1S/C13H20N2O3.C12H17NO4.C11H17N5O.C11H19N3O.C11H18N2O2.C10H14N4O2.C10H16N2O2.C10H15NO3/c1-11(16)17-10-13-4-3-12(18-13)9-15-7-5-14(2)6-8-15;1-10(14)16-9-12-3-2-11(17-12)8-13-4-6-15-7-5-13;1-15-4-6-16(7-5-15)9-11-3-2-10(17-11)8-13-14-12;1-13-4-6-14(7-5-13)9-11-3-2-10(8-12)15-11;1-12-4-6-13(7-5-12)8-10-2-3-11(9-14)15-10;11-13-12-7-9-1-2-10(16-9)8-14-3-5-15-6-4-14;11-7-9-1-2-10(14-9)8-12-3-5-13-6-4-12;12-8-10-2-1-9(14-10)7-11-3-5-13-6-4-11/h3-4H,5-10H2,1-2H3;2*2-3H,4-9H2,1H3;2-3H,4-9,12H2,1H3;2-3,14H,4-9H2,1H3;1-2H,3-8H2;1-2H,3-8,11H2;1-2,12H,3-8H2. The van der Waals surface area contributed by atoms with Gasteiger partial charge in [-0.3, -0.25) is 48.8 Å². The molecular formula is C88H136N20O18. The topological polar surface area (TPSA) is 424 Å². The molecule has 8 fully saturated rings. The number of furan rings is 8. The van der Waals surface area contributed by atoms with Gasteiger partial charge in [-0.2, -0.15) is 0 Å². The van der Waals surface area contributed by atoms with Gasteiger partial charge in [-0.25, -0.2) is 0 Å². The van der Waals surface area contributed by atoms with Crippen LogP contribution in [0.25, 0.3) is 20.9 Å². The summed E-state index contributed by atoms with van der Waals surface area (Å²) in [6.07, 6.45) is 0. The van der Waals surface area contributed by atoms with Crippen LogP contribution in [0, 0.1) is 0 Å². The van der Waals surface area contributed by atoms with Crippen LogP contribution in [-0.2, 0) is 143 Å². The molecular weight excluding hydrogens is 1630 g/mol. The van der Waals surface area contributed by atoms with Crippen LogP contribution >= 0.6 is 0 Å². The second-order valence-corrected chi connectivity index (χ2v) is 31.9. The summed E-state index contributed by atoms with van der Waals surface area (Å²) in [6.45, 7) is 43.0. The Hall–Kier alpha value is -9.00. The number of carbonyl (C=O) groups is 2. The summed E-state index contributed by atoms with van der Waals surface area (Å²) in [7, 11) is 8.59. The van der Waals surface area contributed by atoms with Crippen LogP contribution in [0.3, 0.4) is 0 Å². The number of ether oxygens (including phenoxy) is 6. The summed E-state index contributed by atoms with van der Waals surface area (Å²) in [5.74, 6) is 12.8. The van der Waals surface area contributed by atoms with Crippen molar-refractivity contribution in [2.45, 2.75) is 119 Å². The summed E-state index contributed by atoms with van der Waals surface area (Å²) < 4.78 is 75.1. The Morgan fingerprint density at radius 2 is 0.484 bits per heavy atom. The van der Waals surface area contributed by atoms with Gasteiger partial charge in [0.15, 0.2) is 0 Å². The van der Waals surface area contributed by atoms with Gasteiger partial charge in [0.2, 0.25) is 0 Å². The maximum absolute atomic E-state index is 10.7. The smallest absolute Gasteiger partial charge is 0.303 e. The predicted octanol–water partition coefficient (Wildman–Crippen LogP) is 8.20. The Bertz CT molecular complexity index is 4210. The van der Waals surface area contributed by atoms with E-state index in [1.54, 1.807) is 0 Å². The highest BCUT2D eigenvalue weighted by Gasteiger charge is 2.23. The highest BCUT2D eigenvalue weighted by atomic mass is 16.5. The van der Waals surface area contributed by atoms with E-state index in [2.05, 4.69) is 107 Å². The van der Waals surface area contributed by atoms with Crippen LogP contribution in [0.1, 0.15) is 106 Å². The number of esters is 2. The van der Waals surface area contributed by atoms with Gasteiger partial charge < -0.3 is 105 Å². The normalized spacial score (nSPS) is 18.2. The average Bonchev–Trinajstić information content (AvgIpc) is 1.76. The number of piperazine rings is 4. The number of azide groups is 2. The maximum Gasteiger partial charge on any atom is 0.303 e. The van der Waals surface area contributed by atoms with E-state index in [-0.39, 0.29) is 44.9 Å². The van der Waals surface area contributed by atoms with Crippen molar-refractivity contribution in [1.82, 2.24) is 58.8 Å². The SMILES string of the molecule is CC(=O)OCc1ccc(CN2CCN(C)CC2)o1.CC(=O)OCc1ccc(CN2CCOCC2)o1.CN1CCN(Cc2ccc(CN)o2)CC1.CN1CCN(Cc2ccc(CN=[N+]=[N-])o2)CC1.CN1CCN(Cc2ccc(CO)o2)CC1.NCc1ccc(CN2CCOCC2)o1.OCc1ccc(CN2CCOCC2)o1.[N-]=[N+]=NCc1ccc(CN2CCOCC2)o1. The van der Waals surface area contributed by atoms with E-state index < -0.39 is 0 Å². The summed E-state index contributed by atoms with van der Waals surface area (Å²) in [4.78, 5) is 54.8. The van der Waals surface area contributed by atoms with Crippen molar-refractivity contribution in [3.63, 3.8) is 0 Å². The lowest BCUT2D eigenvalue weighted by Gasteiger charge is -2.31. The number of carbonyl (C=O) groups excluding carboxylic acids is 2. The fraction of sp³-hybridized carbons (Fsp3) is 0.614. The Labute approximate surface area is 739 Å². The molecule has 16 rings (SSSR count). The fourth-order valence-corrected chi connectivity index (χ4v) is 14.1. The van der Waals surface area contributed by atoms with E-state index in [1.165, 1.54) is 13.8 Å². The number of aliphatic hydroxyl groups is 2. The number of aliphatic hydroxyl groups excluding tert-OH is 2. The minimum absolute atomic E-state index is 0.0112. The van der Waals surface area contributed by atoms with E-state index in [0.717, 1.165) is 326 Å². The number of hydrogen-bond donors (Lipinski definition) is 4. The van der Waals surface area contributed by atoms with Crippen molar-refractivity contribution in [1.29, 1.82) is 0 Å². The zero-order valence-electron chi connectivity index (χ0n) is 74.8. The molecule has 8 aliphatic heterocycles. The Kier molecular flexibility index (Phi) is 46.2.